The highest BCUT2D eigenvalue weighted by atomic mass is 16.5. The number of hydrogen-bond acceptors (Lipinski definition) is 4. The molecule has 0 fully saturated rings. The van der Waals surface area contributed by atoms with Crippen molar-refractivity contribution in [2.24, 2.45) is 11.7 Å². The Kier molecular flexibility index (Phi) is 6.87. The molecule has 0 saturated carbocycles. The molecule has 1 atom stereocenters. The van der Waals surface area contributed by atoms with Crippen molar-refractivity contribution in [1.29, 1.82) is 0 Å². The van der Waals surface area contributed by atoms with Crippen LogP contribution in [0, 0.1) is 5.92 Å². The minimum Gasteiger partial charge on any atom is -0.497 e. The molecule has 20 heavy (non-hydrogen) atoms. The molecule has 1 unspecified atom stereocenters. The second-order valence-corrected chi connectivity index (χ2v) is 4.84. The second-order valence-electron chi connectivity index (χ2n) is 4.84. The normalized spacial score (nSPS) is 11.8. The van der Waals surface area contributed by atoms with Crippen LogP contribution in [0.4, 0.5) is 5.69 Å². The summed E-state index contributed by atoms with van der Waals surface area (Å²) in [5, 5.41) is 2.86. The van der Waals surface area contributed by atoms with E-state index >= 15 is 0 Å². The fraction of sp³-hybridized carbons (Fsp3) is 0.533. The summed E-state index contributed by atoms with van der Waals surface area (Å²) >= 11 is 0. The zero-order valence-electron chi connectivity index (χ0n) is 12.4. The fourth-order valence-electron chi connectivity index (χ4n) is 1.93. The molecule has 1 aromatic rings. The van der Waals surface area contributed by atoms with Gasteiger partial charge < -0.3 is 20.5 Å². The van der Waals surface area contributed by atoms with Gasteiger partial charge in [0, 0.05) is 12.5 Å². The Morgan fingerprint density at radius 2 is 2.05 bits per heavy atom. The third kappa shape index (κ3) is 5.09. The fourth-order valence-corrected chi connectivity index (χ4v) is 1.93. The van der Waals surface area contributed by atoms with Crippen LogP contribution in [-0.2, 0) is 4.79 Å². The van der Waals surface area contributed by atoms with Crippen molar-refractivity contribution in [3.05, 3.63) is 18.2 Å². The quantitative estimate of drug-likeness (QED) is 0.767. The topological polar surface area (TPSA) is 73.6 Å². The van der Waals surface area contributed by atoms with E-state index in [1.165, 1.54) is 0 Å². The summed E-state index contributed by atoms with van der Waals surface area (Å²) in [6.45, 7) is 2.76. The molecule has 5 heteroatoms. The van der Waals surface area contributed by atoms with Gasteiger partial charge in [-0.1, -0.05) is 6.92 Å². The second kappa shape index (κ2) is 8.43. The molecule has 0 aromatic heterocycles. The van der Waals surface area contributed by atoms with Gasteiger partial charge in [0.05, 0.1) is 19.9 Å². The summed E-state index contributed by atoms with van der Waals surface area (Å²) in [4.78, 5) is 12.0. The standard InChI is InChI=1S/C15H24N2O3/c1-11(8-9-16)4-7-15(18)17-13-10-12(19-2)5-6-14(13)20-3/h5-6,10-11H,4,7-9,16H2,1-3H3,(H,17,18). The van der Waals surface area contributed by atoms with E-state index in [0.717, 1.165) is 12.8 Å². The first-order valence-electron chi connectivity index (χ1n) is 6.82. The van der Waals surface area contributed by atoms with Crippen molar-refractivity contribution < 1.29 is 14.3 Å². The molecule has 0 radical (unpaired) electrons. The van der Waals surface area contributed by atoms with E-state index in [-0.39, 0.29) is 5.91 Å². The largest absolute Gasteiger partial charge is 0.497 e. The maximum atomic E-state index is 12.0. The van der Waals surface area contributed by atoms with Crippen molar-refractivity contribution in [2.75, 3.05) is 26.1 Å². The lowest BCUT2D eigenvalue weighted by molar-refractivity contribution is -0.116. The molecule has 1 amide bonds. The van der Waals surface area contributed by atoms with Crippen LogP contribution in [0.1, 0.15) is 26.2 Å². The molecular formula is C15H24N2O3. The maximum Gasteiger partial charge on any atom is 0.224 e. The number of nitrogens with one attached hydrogen (secondary N) is 1. The van der Waals surface area contributed by atoms with E-state index in [0.29, 0.717) is 36.1 Å². The Bertz CT molecular complexity index is 435. The van der Waals surface area contributed by atoms with E-state index in [2.05, 4.69) is 12.2 Å². The van der Waals surface area contributed by atoms with Crippen LogP contribution in [-0.4, -0.2) is 26.7 Å². The number of hydrogen-bond donors (Lipinski definition) is 2. The number of amides is 1. The lowest BCUT2D eigenvalue weighted by atomic mass is 10.0. The number of anilines is 1. The van der Waals surface area contributed by atoms with Crippen LogP contribution >= 0.6 is 0 Å². The molecule has 0 saturated heterocycles. The van der Waals surface area contributed by atoms with Gasteiger partial charge in [-0.05, 0) is 37.4 Å². The van der Waals surface area contributed by atoms with E-state index in [4.69, 9.17) is 15.2 Å². The zero-order chi connectivity index (χ0) is 15.0. The number of carbonyl (C=O) groups is 1. The molecule has 0 spiro atoms. The molecule has 0 heterocycles. The Labute approximate surface area is 120 Å². The van der Waals surface area contributed by atoms with E-state index < -0.39 is 0 Å². The van der Waals surface area contributed by atoms with Crippen molar-refractivity contribution in [3.63, 3.8) is 0 Å². The zero-order valence-corrected chi connectivity index (χ0v) is 12.4. The van der Waals surface area contributed by atoms with Gasteiger partial charge in [-0.15, -0.1) is 0 Å². The van der Waals surface area contributed by atoms with Crippen molar-refractivity contribution in [1.82, 2.24) is 0 Å². The smallest absolute Gasteiger partial charge is 0.224 e. The van der Waals surface area contributed by atoms with Gasteiger partial charge in [0.2, 0.25) is 5.91 Å². The Morgan fingerprint density at radius 3 is 2.65 bits per heavy atom. The molecule has 3 N–H and O–H groups in total. The van der Waals surface area contributed by atoms with Gasteiger partial charge in [0.1, 0.15) is 11.5 Å². The van der Waals surface area contributed by atoms with Crippen LogP contribution in [0.15, 0.2) is 18.2 Å². The highest BCUT2D eigenvalue weighted by molar-refractivity contribution is 5.92. The molecule has 0 aliphatic carbocycles. The highest BCUT2D eigenvalue weighted by Gasteiger charge is 2.10. The van der Waals surface area contributed by atoms with Crippen molar-refractivity contribution in [3.8, 4) is 11.5 Å². The Hall–Kier alpha value is -1.75. The minimum atomic E-state index is -0.0274. The third-order valence-electron chi connectivity index (χ3n) is 3.20. The summed E-state index contributed by atoms with van der Waals surface area (Å²) in [5.41, 5.74) is 6.13. The van der Waals surface area contributed by atoms with Crippen molar-refractivity contribution in [2.45, 2.75) is 26.2 Å². The highest BCUT2D eigenvalue weighted by Crippen LogP contribution is 2.29. The Balaban J connectivity index is 2.60. The first-order chi connectivity index (χ1) is 9.60. The van der Waals surface area contributed by atoms with Crippen LogP contribution in [0.2, 0.25) is 0 Å². The number of nitrogens with two attached hydrogens (primary N) is 1. The van der Waals surface area contributed by atoms with Crippen LogP contribution in [0.25, 0.3) is 0 Å². The summed E-state index contributed by atoms with van der Waals surface area (Å²) in [7, 11) is 3.16. The summed E-state index contributed by atoms with van der Waals surface area (Å²) < 4.78 is 10.4. The van der Waals surface area contributed by atoms with Gasteiger partial charge in [-0.25, -0.2) is 0 Å². The number of methoxy groups -OCH3 is 2. The molecule has 0 aliphatic heterocycles. The molecule has 5 nitrogen and oxygen atoms in total. The summed E-state index contributed by atoms with van der Waals surface area (Å²) in [6.07, 6.45) is 2.24. The molecule has 1 aromatic carbocycles. The maximum absolute atomic E-state index is 12.0. The first-order valence-corrected chi connectivity index (χ1v) is 6.82. The van der Waals surface area contributed by atoms with E-state index in [9.17, 15) is 4.79 Å². The van der Waals surface area contributed by atoms with Gasteiger partial charge in [-0.2, -0.15) is 0 Å². The molecule has 0 bridgehead atoms. The van der Waals surface area contributed by atoms with Gasteiger partial charge >= 0.3 is 0 Å². The minimum absolute atomic E-state index is 0.0274. The SMILES string of the molecule is COc1ccc(OC)c(NC(=O)CCC(C)CCN)c1. The molecule has 1 rings (SSSR count). The number of benzene rings is 1. The average Bonchev–Trinajstić information content (AvgIpc) is 2.45. The lowest BCUT2D eigenvalue weighted by Crippen LogP contribution is -2.14. The Morgan fingerprint density at radius 1 is 1.30 bits per heavy atom. The summed E-state index contributed by atoms with van der Waals surface area (Å²) in [6, 6.07) is 5.31. The van der Waals surface area contributed by atoms with Gasteiger partial charge in [0.15, 0.2) is 0 Å². The lowest BCUT2D eigenvalue weighted by Gasteiger charge is -2.13. The van der Waals surface area contributed by atoms with E-state index in [1.54, 1.807) is 32.4 Å². The predicted molar refractivity (Wildman–Crippen MR) is 80.2 cm³/mol. The van der Waals surface area contributed by atoms with Crippen LogP contribution in [0.5, 0.6) is 11.5 Å². The number of ether oxygens (including phenoxy) is 2. The summed E-state index contributed by atoms with van der Waals surface area (Å²) in [5.74, 6) is 1.73. The first kappa shape index (κ1) is 16.3. The molecular weight excluding hydrogens is 256 g/mol. The third-order valence-corrected chi connectivity index (χ3v) is 3.20. The van der Waals surface area contributed by atoms with Gasteiger partial charge in [0.25, 0.3) is 0 Å². The molecule has 0 aliphatic rings. The van der Waals surface area contributed by atoms with E-state index in [1.807, 2.05) is 0 Å². The number of rotatable bonds is 8. The van der Waals surface area contributed by atoms with Crippen LogP contribution < -0.4 is 20.5 Å². The molecule has 112 valence electrons. The average molecular weight is 280 g/mol. The number of carbonyl (C=O) groups excluding carboxylic acids is 1. The monoisotopic (exact) mass is 280 g/mol. The predicted octanol–water partition coefficient (Wildman–Crippen LogP) is 2.41. The van der Waals surface area contributed by atoms with Crippen molar-refractivity contribution >= 4 is 11.6 Å². The van der Waals surface area contributed by atoms with Crippen LogP contribution in [0.3, 0.4) is 0 Å². The van der Waals surface area contributed by atoms with Gasteiger partial charge in [-0.3, -0.25) is 4.79 Å².